The van der Waals surface area contributed by atoms with E-state index in [1.54, 1.807) is 0 Å². The third kappa shape index (κ3) is 3.55. The minimum Gasteiger partial charge on any atom is -0.294 e. The van der Waals surface area contributed by atoms with E-state index in [1.165, 1.54) is 22.3 Å². The van der Waals surface area contributed by atoms with Gasteiger partial charge in [-0.25, -0.2) is 0 Å². The second-order valence-corrected chi connectivity index (χ2v) is 7.61. The summed E-state index contributed by atoms with van der Waals surface area (Å²) in [5, 5.41) is 0. The molecule has 0 amide bonds. The lowest BCUT2D eigenvalue weighted by atomic mass is 9.68. The van der Waals surface area contributed by atoms with Crippen molar-refractivity contribution in [3.63, 3.8) is 0 Å². The Kier molecular flexibility index (Phi) is 5.85. The first-order valence-electron chi connectivity index (χ1n) is 9.40. The minimum absolute atomic E-state index is 0.0856. The first-order valence-corrected chi connectivity index (χ1v) is 9.40. The van der Waals surface area contributed by atoms with Gasteiger partial charge in [-0.1, -0.05) is 64.5 Å². The summed E-state index contributed by atoms with van der Waals surface area (Å²) in [5.41, 5.74) is 7.27. The molecule has 0 aliphatic heterocycles. The van der Waals surface area contributed by atoms with Crippen LogP contribution in [0.25, 0.3) is 5.57 Å². The van der Waals surface area contributed by atoms with E-state index in [0.29, 0.717) is 12.2 Å². The highest BCUT2D eigenvalue weighted by atomic mass is 16.1. The summed E-state index contributed by atoms with van der Waals surface area (Å²) in [5.74, 6) is 0.306. The molecular formula is C23H32O. The van der Waals surface area contributed by atoms with Gasteiger partial charge in [-0.2, -0.15) is 0 Å². The smallest absolute Gasteiger partial charge is 0.164 e. The molecule has 1 aliphatic carbocycles. The van der Waals surface area contributed by atoms with E-state index < -0.39 is 0 Å². The van der Waals surface area contributed by atoms with Gasteiger partial charge in [0.1, 0.15) is 0 Å². The zero-order valence-corrected chi connectivity index (χ0v) is 16.1. The summed E-state index contributed by atoms with van der Waals surface area (Å²) in [6.07, 6.45) is 7.68. The van der Waals surface area contributed by atoms with Gasteiger partial charge in [-0.05, 0) is 60.3 Å². The molecular weight excluding hydrogens is 292 g/mol. The zero-order valence-electron chi connectivity index (χ0n) is 16.1. The van der Waals surface area contributed by atoms with E-state index in [0.717, 1.165) is 43.3 Å². The molecule has 0 heterocycles. The number of Topliss-reactive ketones (excluding diaryl/α,β-unsaturated/α-hetero) is 1. The van der Waals surface area contributed by atoms with Crippen LogP contribution in [0.2, 0.25) is 0 Å². The molecule has 1 heteroatoms. The van der Waals surface area contributed by atoms with Crippen molar-refractivity contribution in [1.82, 2.24) is 0 Å². The maximum absolute atomic E-state index is 13.2. The van der Waals surface area contributed by atoms with Gasteiger partial charge in [0.05, 0.1) is 0 Å². The molecule has 0 spiro atoms. The van der Waals surface area contributed by atoms with Crippen LogP contribution in [0.3, 0.4) is 0 Å². The lowest BCUT2D eigenvalue weighted by Gasteiger charge is -2.35. The molecule has 1 aromatic rings. The number of allylic oxidation sites excluding steroid dienone is 3. The Balaban J connectivity index is 2.68. The molecule has 1 atom stereocenters. The Hall–Kier alpha value is -1.63. The maximum Gasteiger partial charge on any atom is 0.164 e. The standard InChI is InChI=1S/C23H32O/c1-7-11-23(6)14-19(10-4)22(20(24)15-23)21-17(8-2)12-16(5)13-18(21)9-3/h10,12-13H,4,7-9,11,14-15H2,1-3,5-6H3. The minimum atomic E-state index is 0.0856. The summed E-state index contributed by atoms with van der Waals surface area (Å²) in [7, 11) is 0. The zero-order chi connectivity index (χ0) is 17.9. The summed E-state index contributed by atoms with van der Waals surface area (Å²) < 4.78 is 0. The lowest BCUT2D eigenvalue weighted by Crippen LogP contribution is -2.28. The fraction of sp³-hybridized carbons (Fsp3) is 0.522. The molecule has 0 N–H and O–H groups in total. The van der Waals surface area contributed by atoms with E-state index >= 15 is 0 Å². The first-order chi connectivity index (χ1) is 11.4. The highest BCUT2D eigenvalue weighted by molar-refractivity contribution is 6.23. The number of rotatable bonds is 6. The first kappa shape index (κ1) is 18.7. The second-order valence-electron chi connectivity index (χ2n) is 7.61. The van der Waals surface area contributed by atoms with E-state index in [1.807, 2.05) is 6.08 Å². The Morgan fingerprint density at radius 1 is 1.12 bits per heavy atom. The third-order valence-corrected chi connectivity index (χ3v) is 5.36. The predicted octanol–water partition coefficient (Wildman–Crippen LogP) is 6.23. The van der Waals surface area contributed by atoms with Crippen molar-refractivity contribution in [3.05, 3.63) is 52.6 Å². The van der Waals surface area contributed by atoms with Gasteiger partial charge in [0.2, 0.25) is 0 Å². The van der Waals surface area contributed by atoms with Crippen molar-refractivity contribution in [1.29, 1.82) is 0 Å². The summed E-state index contributed by atoms with van der Waals surface area (Å²) in [4.78, 5) is 13.2. The van der Waals surface area contributed by atoms with Crippen LogP contribution in [-0.2, 0) is 17.6 Å². The van der Waals surface area contributed by atoms with E-state index in [-0.39, 0.29) is 5.41 Å². The Morgan fingerprint density at radius 3 is 2.17 bits per heavy atom. The van der Waals surface area contributed by atoms with Crippen molar-refractivity contribution in [2.75, 3.05) is 0 Å². The van der Waals surface area contributed by atoms with E-state index in [9.17, 15) is 4.79 Å². The highest BCUT2D eigenvalue weighted by Gasteiger charge is 2.36. The van der Waals surface area contributed by atoms with Crippen molar-refractivity contribution in [2.24, 2.45) is 5.41 Å². The van der Waals surface area contributed by atoms with Gasteiger partial charge < -0.3 is 0 Å². The molecule has 0 fully saturated rings. The summed E-state index contributed by atoms with van der Waals surface area (Å²) in [6, 6.07) is 4.49. The lowest BCUT2D eigenvalue weighted by molar-refractivity contribution is -0.116. The van der Waals surface area contributed by atoms with Gasteiger partial charge in [-0.3, -0.25) is 4.79 Å². The van der Waals surface area contributed by atoms with Crippen LogP contribution in [0.15, 0.2) is 30.4 Å². The fourth-order valence-electron chi connectivity index (χ4n) is 4.34. The predicted molar refractivity (Wildman–Crippen MR) is 104 cm³/mol. The van der Waals surface area contributed by atoms with Crippen LogP contribution < -0.4 is 0 Å². The van der Waals surface area contributed by atoms with Crippen LogP contribution in [-0.4, -0.2) is 5.78 Å². The molecule has 1 aromatic carbocycles. The number of carbonyl (C=O) groups excluding carboxylic acids is 1. The van der Waals surface area contributed by atoms with Crippen LogP contribution in [0.5, 0.6) is 0 Å². The molecule has 0 saturated heterocycles. The number of ketones is 1. The normalized spacial score (nSPS) is 21.3. The van der Waals surface area contributed by atoms with Crippen LogP contribution >= 0.6 is 0 Å². The molecule has 0 aromatic heterocycles. The Bertz CT molecular complexity index is 652. The van der Waals surface area contributed by atoms with Gasteiger partial charge in [0.25, 0.3) is 0 Å². The average Bonchev–Trinajstić information content (AvgIpc) is 2.54. The quantitative estimate of drug-likeness (QED) is 0.606. The largest absolute Gasteiger partial charge is 0.294 e. The maximum atomic E-state index is 13.2. The van der Waals surface area contributed by atoms with Gasteiger partial charge >= 0.3 is 0 Å². The van der Waals surface area contributed by atoms with E-state index in [2.05, 4.69) is 53.3 Å². The molecule has 24 heavy (non-hydrogen) atoms. The molecule has 0 radical (unpaired) electrons. The van der Waals surface area contributed by atoms with Crippen LogP contribution in [0.4, 0.5) is 0 Å². The van der Waals surface area contributed by atoms with Crippen LogP contribution in [0, 0.1) is 12.3 Å². The second kappa shape index (κ2) is 7.51. The molecule has 2 rings (SSSR count). The molecule has 1 nitrogen and oxygen atoms in total. The van der Waals surface area contributed by atoms with Crippen molar-refractivity contribution in [3.8, 4) is 0 Å². The number of benzene rings is 1. The van der Waals surface area contributed by atoms with Gasteiger partial charge in [0.15, 0.2) is 5.78 Å². The highest BCUT2D eigenvalue weighted by Crippen LogP contribution is 2.45. The summed E-state index contributed by atoms with van der Waals surface area (Å²) >= 11 is 0. The molecule has 130 valence electrons. The molecule has 0 saturated carbocycles. The average molecular weight is 325 g/mol. The summed E-state index contributed by atoms with van der Waals surface area (Å²) in [6.45, 7) is 15.0. The van der Waals surface area contributed by atoms with Gasteiger partial charge in [0, 0.05) is 12.0 Å². The Labute approximate surface area is 147 Å². The molecule has 1 aliphatic rings. The van der Waals surface area contributed by atoms with Crippen molar-refractivity contribution in [2.45, 2.75) is 73.1 Å². The van der Waals surface area contributed by atoms with Crippen molar-refractivity contribution >= 4 is 11.4 Å². The van der Waals surface area contributed by atoms with Crippen molar-refractivity contribution < 1.29 is 4.79 Å². The third-order valence-electron chi connectivity index (χ3n) is 5.36. The van der Waals surface area contributed by atoms with Gasteiger partial charge in [-0.15, -0.1) is 0 Å². The number of hydrogen-bond acceptors (Lipinski definition) is 1. The molecule has 0 bridgehead atoms. The number of carbonyl (C=O) groups is 1. The Morgan fingerprint density at radius 2 is 1.71 bits per heavy atom. The monoisotopic (exact) mass is 324 g/mol. The van der Waals surface area contributed by atoms with Crippen LogP contribution in [0.1, 0.15) is 75.6 Å². The SMILES string of the molecule is C=CC1=C(c2c(CC)cc(C)cc2CC)C(=O)CC(C)(CCC)C1. The number of aryl methyl sites for hydroxylation is 3. The fourth-order valence-corrected chi connectivity index (χ4v) is 4.34. The molecule has 1 unspecified atom stereocenters. The number of hydrogen-bond donors (Lipinski definition) is 0. The topological polar surface area (TPSA) is 17.1 Å². The van der Waals surface area contributed by atoms with E-state index in [4.69, 9.17) is 0 Å².